The van der Waals surface area contributed by atoms with E-state index in [0.29, 0.717) is 40.7 Å². The summed E-state index contributed by atoms with van der Waals surface area (Å²) in [4.78, 5) is 11.7. The van der Waals surface area contributed by atoms with Crippen LogP contribution in [0.4, 0.5) is 0 Å². The lowest BCUT2D eigenvalue weighted by atomic mass is 10.0. The Morgan fingerprint density at radius 1 is 1.00 bits per heavy atom. The van der Waals surface area contributed by atoms with Crippen LogP contribution in [0.3, 0.4) is 0 Å². The van der Waals surface area contributed by atoms with E-state index >= 15 is 0 Å². The number of hydrogen-bond donors (Lipinski definition) is 2. The van der Waals surface area contributed by atoms with Crippen LogP contribution in [0.5, 0.6) is 23.0 Å². The van der Waals surface area contributed by atoms with Crippen LogP contribution < -0.4 is 23.7 Å². The molecule has 2 heterocycles. The average molecular weight is 477 g/mol. The smallest absolute Gasteiger partial charge is 0.301 e. The van der Waals surface area contributed by atoms with Gasteiger partial charge >= 0.3 is 10.2 Å². The fraction of sp³-hybridized carbons (Fsp3) is 0.167. The van der Waals surface area contributed by atoms with E-state index in [4.69, 9.17) is 19.5 Å². The molecule has 3 aromatic rings. The van der Waals surface area contributed by atoms with Crippen LogP contribution in [0.2, 0.25) is 0 Å². The lowest BCUT2D eigenvalue weighted by Gasteiger charge is -2.24. The first kappa shape index (κ1) is 21.8. The van der Waals surface area contributed by atoms with E-state index in [1.54, 1.807) is 54.6 Å². The quantitative estimate of drug-likeness (QED) is 0.577. The third kappa shape index (κ3) is 4.52. The Balaban J connectivity index is 1.29. The van der Waals surface area contributed by atoms with Gasteiger partial charge in [0.25, 0.3) is 0 Å². The van der Waals surface area contributed by atoms with Crippen molar-refractivity contribution < 1.29 is 27.4 Å². The number of nitrogens with one attached hydrogen (secondary N) is 2. The van der Waals surface area contributed by atoms with Crippen LogP contribution in [0.15, 0.2) is 66.7 Å². The molecule has 1 amide bonds. The molecule has 1 fully saturated rings. The maximum atomic E-state index is 11.7. The van der Waals surface area contributed by atoms with Gasteiger partial charge in [0.1, 0.15) is 18.1 Å². The molecule has 10 heteroatoms. The van der Waals surface area contributed by atoms with Crippen LogP contribution in [0, 0.1) is 11.3 Å². The molecule has 1 saturated heterocycles. The molecule has 3 aromatic carbocycles. The summed E-state index contributed by atoms with van der Waals surface area (Å²) in [6.45, 7) is 0.299. The first-order valence-electron chi connectivity index (χ1n) is 10.4. The number of ether oxygens (including phenoxy) is 3. The van der Waals surface area contributed by atoms with Crippen molar-refractivity contribution in [3.8, 4) is 29.1 Å². The van der Waals surface area contributed by atoms with Gasteiger partial charge in [0.05, 0.1) is 17.7 Å². The van der Waals surface area contributed by atoms with Gasteiger partial charge in [-0.2, -0.15) is 18.4 Å². The minimum Gasteiger partial charge on any atom is -0.485 e. The Bertz CT molecular complexity index is 1380. The number of nitriles is 1. The van der Waals surface area contributed by atoms with Crippen molar-refractivity contribution in [3.63, 3.8) is 0 Å². The largest absolute Gasteiger partial charge is 0.485 e. The van der Waals surface area contributed by atoms with E-state index in [-0.39, 0.29) is 12.5 Å². The molecule has 2 aliphatic heterocycles. The van der Waals surface area contributed by atoms with Crippen molar-refractivity contribution >= 4 is 16.1 Å². The molecule has 5 rings (SSSR count). The van der Waals surface area contributed by atoms with E-state index in [0.717, 1.165) is 5.56 Å². The number of nitrogens with zero attached hydrogens (tertiary/aromatic N) is 1. The van der Waals surface area contributed by atoms with Crippen molar-refractivity contribution in [2.24, 2.45) is 0 Å². The van der Waals surface area contributed by atoms with Gasteiger partial charge < -0.3 is 14.2 Å². The normalized spacial score (nSPS) is 20.4. The molecular weight excluding hydrogens is 458 g/mol. The summed E-state index contributed by atoms with van der Waals surface area (Å²) in [6.07, 6.45) is -0.338. The minimum absolute atomic E-state index is 0.0191. The molecule has 0 bridgehead atoms. The summed E-state index contributed by atoms with van der Waals surface area (Å²) < 4.78 is 45.7. The summed E-state index contributed by atoms with van der Waals surface area (Å²) in [6, 6.07) is 20.7. The molecule has 0 aromatic heterocycles. The second-order valence-electron chi connectivity index (χ2n) is 7.80. The molecule has 34 heavy (non-hydrogen) atoms. The van der Waals surface area contributed by atoms with Gasteiger partial charge in [0.15, 0.2) is 17.6 Å². The lowest BCUT2D eigenvalue weighted by molar-refractivity contribution is -0.120. The van der Waals surface area contributed by atoms with Crippen LogP contribution in [0.1, 0.15) is 35.3 Å². The highest BCUT2D eigenvalue weighted by Gasteiger charge is 2.31. The van der Waals surface area contributed by atoms with Gasteiger partial charge in [0.2, 0.25) is 5.91 Å². The highest BCUT2D eigenvalue weighted by molar-refractivity contribution is 7.88. The summed E-state index contributed by atoms with van der Waals surface area (Å²) in [7, 11) is -3.85. The van der Waals surface area contributed by atoms with Crippen molar-refractivity contribution in [2.45, 2.75) is 18.6 Å². The first-order chi connectivity index (χ1) is 16.4. The third-order valence-electron chi connectivity index (χ3n) is 5.44. The number of carbonyl (C=O) groups excluding carboxylic acids is 1. The third-order valence-corrected chi connectivity index (χ3v) is 6.53. The highest BCUT2D eigenvalue weighted by Crippen LogP contribution is 2.43. The Morgan fingerprint density at radius 3 is 2.44 bits per heavy atom. The second-order valence-corrected chi connectivity index (χ2v) is 9.25. The maximum absolute atomic E-state index is 11.7. The Morgan fingerprint density at radius 2 is 1.74 bits per heavy atom. The van der Waals surface area contributed by atoms with Gasteiger partial charge in [0, 0.05) is 12.0 Å². The van der Waals surface area contributed by atoms with E-state index in [9.17, 15) is 13.2 Å². The number of para-hydroxylation sites is 1. The van der Waals surface area contributed by atoms with Crippen LogP contribution >= 0.6 is 0 Å². The van der Waals surface area contributed by atoms with Gasteiger partial charge in [-0.15, -0.1) is 0 Å². The highest BCUT2D eigenvalue weighted by atomic mass is 32.2. The van der Waals surface area contributed by atoms with Gasteiger partial charge in [-0.05, 0) is 48.0 Å². The number of rotatable bonds is 5. The molecule has 0 saturated carbocycles. The maximum Gasteiger partial charge on any atom is 0.301 e. The summed E-state index contributed by atoms with van der Waals surface area (Å²) >= 11 is 0. The standard InChI is InChI=1S/C24H19N3O6S/c25-13-15-4-8-17(9-5-15)32-21-3-1-2-19-22(14-31-24(19)21)33-18-10-6-16(7-11-18)20-12-23(28)27-34(29,30)26-20/h1-11,20,22,26H,12,14H2,(H,27,28)/t20?,22-/m1/s1. The van der Waals surface area contributed by atoms with E-state index in [1.165, 1.54) is 0 Å². The monoisotopic (exact) mass is 477 g/mol. The number of amides is 1. The lowest BCUT2D eigenvalue weighted by Crippen LogP contribution is -2.48. The molecule has 9 nitrogen and oxygen atoms in total. The predicted octanol–water partition coefficient (Wildman–Crippen LogP) is 3.26. The van der Waals surface area contributed by atoms with Crippen LogP contribution in [-0.4, -0.2) is 20.9 Å². The number of fused-ring (bicyclic) bond motifs is 1. The summed E-state index contributed by atoms with van der Waals surface area (Å²) in [5, 5.41) is 8.94. The van der Waals surface area contributed by atoms with Crippen molar-refractivity contribution in [1.29, 1.82) is 5.26 Å². The van der Waals surface area contributed by atoms with E-state index in [1.807, 2.05) is 16.9 Å². The van der Waals surface area contributed by atoms with Gasteiger partial charge in [-0.3, -0.25) is 4.79 Å². The van der Waals surface area contributed by atoms with E-state index < -0.39 is 22.2 Å². The predicted molar refractivity (Wildman–Crippen MR) is 121 cm³/mol. The first-order valence-corrected chi connectivity index (χ1v) is 11.9. The van der Waals surface area contributed by atoms with Crippen molar-refractivity contribution in [1.82, 2.24) is 9.44 Å². The molecule has 172 valence electrons. The topological polar surface area (TPSA) is 127 Å². The van der Waals surface area contributed by atoms with Gasteiger partial charge in [-0.1, -0.05) is 24.3 Å². The molecule has 2 N–H and O–H groups in total. The molecule has 0 aliphatic carbocycles. The fourth-order valence-electron chi connectivity index (χ4n) is 3.86. The Hall–Kier alpha value is -4.07. The Kier molecular flexibility index (Phi) is 5.57. The second kappa shape index (κ2) is 8.70. The van der Waals surface area contributed by atoms with E-state index in [2.05, 4.69) is 10.8 Å². The molecule has 0 radical (unpaired) electrons. The number of hydrogen-bond acceptors (Lipinski definition) is 7. The fourth-order valence-corrected chi connectivity index (χ4v) is 4.89. The zero-order chi connectivity index (χ0) is 23.7. The molecule has 2 aliphatic rings. The van der Waals surface area contributed by atoms with Crippen molar-refractivity contribution in [3.05, 3.63) is 83.4 Å². The van der Waals surface area contributed by atoms with Crippen molar-refractivity contribution in [2.75, 3.05) is 6.61 Å². The SMILES string of the molecule is N#Cc1ccc(Oc2cccc3c2OC[C@H]3Oc2ccc(C3CC(=O)NS(=O)(=O)N3)cc2)cc1. The van der Waals surface area contributed by atoms with Crippen LogP contribution in [-0.2, 0) is 15.0 Å². The Labute approximate surface area is 196 Å². The molecule has 2 atom stereocenters. The number of benzene rings is 3. The summed E-state index contributed by atoms with van der Waals surface area (Å²) in [5.41, 5.74) is 2.05. The average Bonchev–Trinajstić information content (AvgIpc) is 3.22. The molecular formula is C24H19N3O6S. The minimum atomic E-state index is -3.85. The number of carbonyl (C=O) groups is 1. The summed E-state index contributed by atoms with van der Waals surface area (Å²) in [5.74, 6) is 1.75. The molecule has 1 unspecified atom stereocenters. The van der Waals surface area contributed by atoms with Crippen LogP contribution in [0.25, 0.3) is 0 Å². The zero-order valence-electron chi connectivity index (χ0n) is 17.7. The zero-order valence-corrected chi connectivity index (χ0v) is 18.5. The molecule has 0 spiro atoms. The van der Waals surface area contributed by atoms with Gasteiger partial charge in [-0.25, -0.2) is 4.72 Å².